The molecule has 1 aromatic carbocycles. The number of piperidine rings is 2. The van der Waals surface area contributed by atoms with Gasteiger partial charge in [-0.25, -0.2) is 4.39 Å². The molecule has 2 fully saturated rings. The second kappa shape index (κ2) is 9.53. The molecule has 2 heterocycles. The van der Waals surface area contributed by atoms with Crippen molar-refractivity contribution in [2.75, 3.05) is 39.9 Å². The smallest absolute Gasteiger partial charge is 0.231 e. The van der Waals surface area contributed by atoms with Crippen molar-refractivity contribution in [3.8, 4) is 5.75 Å². The fourth-order valence-corrected chi connectivity index (χ4v) is 3.82. The van der Waals surface area contributed by atoms with Gasteiger partial charge >= 0.3 is 0 Å². The zero-order valence-corrected chi connectivity index (χ0v) is 16.0. The van der Waals surface area contributed by atoms with Crippen LogP contribution in [0.25, 0.3) is 0 Å². The van der Waals surface area contributed by atoms with Gasteiger partial charge in [0.05, 0.1) is 12.0 Å². The van der Waals surface area contributed by atoms with Gasteiger partial charge in [-0.05, 0) is 50.2 Å². The van der Waals surface area contributed by atoms with Gasteiger partial charge in [0.25, 0.3) is 0 Å². The summed E-state index contributed by atoms with van der Waals surface area (Å²) in [4.78, 5) is 15.1. The van der Waals surface area contributed by atoms with E-state index >= 15 is 0 Å². The van der Waals surface area contributed by atoms with E-state index in [-0.39, 0.29) is 35.7 Å². The van der Waals surface area contributed by atoms with E-state index < -0.39 is 0 Å². The highest BCUT2D eigenvalue weighted by molar-refractivity contribution is 5.85. The molecule has 0 spiro atoms. The van der Waals surface area contributed by atoms with Crippen molar-refractivity contribution in [1.29, 1.82) is 0 Å². The molecule has 2 aliphatic rings. The summed E-state index contributed by atoms with van der Waals surface area (Å²) in [6.07, 6.45) is 3.31. The Balaban J connectivity index is 0.00000243. The third kappa shape index (κ3) is 4.87. The SMILES string of the molecule is COCC1(C(=O)N2CCC(Oc3ccc(F)cc3)CC2)CCNCC1.Cl. The lowest BCUT2D eigenvalue weighted by atomic mass is 9.78. The number of halogens is 2. The minimum absolute atomic E-state index is 0. The predicted molar refractivity (Wildman–Crippen MR) is 100 cm³/mol. The molecule has 5 nitrogen and oxygen atoms in total. The summed E-state index contributed by atoms with van der Waals surface area (Å²) in [6, 6.07) is 6.10. The van der Waals surface area contributed by atoms with Gasteiger partial charge in [0, 0.05) is 33.0 Å². The molecule has 0 aliphatic carbocycles. The molecule has 0 bridgehead atoms. The Bertz CT molecular complexity index is 565. The number of hydrogen-bond donors (Lipinski definition) is 1. The van der Waals surface area contributed by atoms with E-state index in [0.717, 1.165) is 38.8 Å². The van der Waals surface area contributed by atoms with Crippen LogP contribution in [0, 0.1) is 11.2 Å². The average Bonchev–Trinajstić information content (AvgIpc) is 2.65. The first-order valence-corrected chi connectivity index (χ1v) is 9.04. The van der Waals surface area contributed by atoms with E-state index in [4.69, 9.17) is 9.47 Å². The van der Waals surface area contributed by atoms with Gasteiger partial charge in [-0.15, -0.1) is 12.4 Å². The molecule has 1 N–H and O–H groups in total. The number of ether oxygens (including phenoxy) is 2. The van der Waals surface area contributed by atoms with Gasteiger partial charge in [0.15, 0.2) is 0 Å². The van der Waals surface area contributed by atoms with Gasteiger partial charge in [0.2, 0.25) is 5.91 Å². The van der Waals surface area contributed by atoms with E-state index in [1.165, 1.54) is 12.1 Å². The molecule has 26 heavy (non-hydrogen) atoms. The van der Waals surface area contributed by atoms with Crippen molar-refractivity contribution in [1.82, 2.24) is 10.2 Å². The largest absolute Gasteiger partial charge is 0.490 e. The van der Waals surface area contributed by atoms with Gasteiger partial charge in [0.1, 0.15) is 17.7 Å². The fraction of sp³-hybridized carbons (Fsp3) is 0.632. The molecule has 0 unspecified atom stereocenters. The molecular weight excluding hydrogens is 359 g/mol. The Hall–Kier alpha value is -1.37. The van der Waals surface area contributed by atoms with Crippen LogP contribution in [0.15, 0.2) is 24.3 Å². The maximum Gasteiger partial charge on any atom is 0.231 e. The normalized spacial score (nSPS) is 20.3. The number of rotatable bonds is 5. The molecule has 2 saturated heterocycles. The Kier molecular flexibility index (Phi) is 7.68. The maximum atomic E-state index is 13.1. The van der Waals surface area contributed by atoms with Crippen molar-refractivity contribution in [3.05, 3.63) is 30.1 Å². The molecule has 0 atom stereocenters. The number of carbonyl (C=O) groups excluding carboxylic acids is 1. The van der Waals surface area contributed by atoms with Crippen LogP contribution in [-0.4, -0.2) is 56.8 Å². The number of hydrogen-bond acceptors (Lipinski definition) is 4. The fourth-order valence-electron chi connectivity index (χ4n) is 3.82. The summed E-state index contributed by atoms with van der Waals surface area (Å²) in [7, 11) is 1.67. The van der Waals surface area contributed by atoms with Crippen LogP contribution in [0.5, 0.6) is 5.75 Å². The third-order valence-corrected chi connectivity index (χ3v) is 5.28. The number of amides is 1. The zero-order valence-electron chi connectivity index (χ0n) is 15.2. The first-order chi connectivity index (χ1) is 12.1. The first kappa shape index (κ1) is 20.9. The molecule has 0 saturated carbocycles. The Labute approximate surface area is 160 Å². The lowest BCUT2D eigenvalue weighted by molar-refractivity contribution is -0.149. The van der Waals surface area contributed by atoms with E-state index in [1.54, 1.807) is 19.2 Å². The van der Waals surface area contributed by atoms with E-state index in [2.05, 4.69) is 5.32 Å². The van der Waals surface area contributed by atoms with Crippen LogP contribution in [0.1, 0.15) is 25.7 Å². The van der Waals surface area contributed by atoms with Crippen molar-refractivity contribution in [3.63, 3.8) is 0 Å². The van der Waals surface area contributed by atoms with Crippen LogP contribution < -0.4 is 10.1 Å². The van der Waals surface area contributed by atoms with Crippen molar-refractivity contribution in [2.24, 2.45) is 5.41 Å². The number of nitrogens with zero attached hydrogens (tertiary/aromatic N) is 1. The Morgan fingerprint density at radius 3 is 2.42 bits per heavy atom. The van der Waals surface area contributed by atoms with E-state index in [9.17, 15) is 9.18 Å². The van der Waals surface area contributed by atoms with Gasteiger partial charge in [-0.3, -0.25) is 4.79 Å². The molecule has 7 heteroatoms. The predicted octanol–water partition coefficient (Wildman–Crippen LogP) is 2.63. The Morgan fingerprint density at radius 2 is 1.85 bits per heavy atom. The van der Waals surface area contributed by atoms with E-state index in [1.807, 2.05) is 4.90 Å². The third-order valence-electron chi connectivity index (χ3n) is 5.28. The quantitative estimate of drug-likeness (QED) is 0.845. The number of nitrogens with one attached hydrogen (secondary N) is 1. The number of benzene rings is 1. The summed E-state index contributed by atoms with van der Waals surface area (Å²) >= 11 is 0. The lowest BCUT2D eigenvalue weighted by Crippen LogP contribution is -2.54. The molecule has 0 aromatic heterocycles. The highest BCUT2D eigenvalue weighted by Gasteiger charge is 2.43. The highest BCUT2D eigenvalue weighted by atomic mass is 35.5. The second-order valence-electron chi connectivity index (χ2n) is 7.03. The molecule has 2 aliphatic heterocycles. The van der Waals surface area contributed by atoms with Gasteiger partial charge < -0.3 is 19.7 Å². The van der Waals surface area contributed by atoms with Crippen LogP contribution in [-0.2, 0) is 9.53 Å². The summed E-state index contributed by atoms with van der Waals surface area (Å²) in [5.41, 5.74) is -0.384. The van der Waals surface area contributed by atoms with Crippen LogP contribution in [0.4, 0.5) is 4.39 Å². The molecule has 0 radical (unpaired) electrons. The molecule has 1 amide bonds. The van der Waals surface area contributed by atoms with Crippen molar-refractivity contribution >= 4 is 18.3 Å². The summed E-state index contributed by atoms with van der Waals surface area (Å²) < 4.78 is 24.3. The van der Waals surface area contributed by atoms with Gasteiger partial charge in [-0.1, -0.05) is 0 Å². The summed E-state index contributed by atoms with van der Waals surface area (Å²) in [6.45, 7) is 3.60. The minimum atomic E-state index is -0.384. The number of likely N-dealkylation sites (tertiary alicyclic amines) is 1. The maximum absolute atomic E-state index is 13.1. The highest BCUT2D eigenvalue weighted by Crippen LogP contribution is 2.33. The Morgan fingerprint density at radius 1 is 1.23 bits per heavy atom. The van der Waals surface area contributed by atoms with Crippen LogP contribution >= 0.6 is 12.4 Å². The second-order valence-corrected chi connectivity index (χ2v) is 7.03. The van der Waals surface area contributed by atoms with Crippen LogP contribution in [0.2, 0.25) is 0 Å². The van der Waals surface area contributed by atoms with Crippen molar-refractivity contribution in [2.45, 2.75) is 31.8 Å². The van der Waals surface area contributed by atoms with Gasteiger partial charge in [-0.2, -0.15) is 0 Å². The van der Waals surface area contributed by atoms with Crippen molar-refractivity contribution < 1.29 is 18.7 Å². The molecule has 1 aromatic rings. The number of methoxy groups -OCH3 is 1. The molecular formula is C19H28ClFN2O3. The lowest BCUT2D eigenvalue weighted by Gasteiger charge is -2.41. The monoisotopic (exact) mass is 386 g/mol. The minimum Gasteiger partial charge on any atom is -0.490 e. The molecule has 146 valence electrons. The summed E-state index contributed by atoms with van der Waals surface area (Å²) in [5.74, 6) is 0.634. The topological polar surface area (TPSA) is 50.8 Å². The summed E-state index contributed by atoms with van der Waals surface area (Å²) in [5, 5.41) is 3.32. The molecule has 3 rings (SSSR count). The number of carbonyl (C=O) groups is 1. The van der Waals surface area contributed by atoms with E-state index in [0.29, 0.717) is 25.4 Å². The average molecular weight is 387 g/mol. The zero-order chi connectivity index (χ0) is 17.7. The first-order valence-electron chi connectivity index (χ1n) is 9.04. The standard InChI is InChI=1S/C19H27FN2O3.ClH/c1-24-14-19(8-10-21-11-9-19)18(23)22-12-6-17(7-13-22)25-16-4-2-15(20)3-5-16;/h2-5,17,21H,6-14H2,1H3;1H. The van der Waals surface area contributed by atoms with Crippen LogP contribution in [0.3, 0.4) is 0 Å².